The summed E-state index contributed by atoms with van der Waals surface area (Å²) in [5, 5.41) is 4.27. The highest BCUT2D eigenvalue weighted by atomic mass is 16.1. The van der Waals surface area contributed by atoms with Gasteiger partial charge in [-0.2, -0.15) is 5.10 Å². The molecular weight excluding hydrogens is 276 g/mol. The van der Waals surface area contributed by atoms with Crippen LogP contribution in [-0.4, -0.2) is 15.7 Å². The zero-order valence-corrected chi connectivity index (χ0v) is 13.3. The Bertz CT molecular complexity index is 704. The topological polar surface area (TPSA) is 70.1 Å². The van der Waals surface area contributed by atoms with E-state index < -0.39 is 0 Å². The number of hydrazone groups is 1. The third-order valence-electron chi connectivity index (χ3n) is 3.52. The standard InChI is InChI=1S/C17H22N4O/c1-4-5-11-15-13(3)18-17(19-16(15)22)21-20-12(2)14-9-7-6-8-10-14/h6-10H,4-5,11H2,1-3H3,(H2,18,19,21,22). The summed E-state index contributed by atoms with van der Waals surface area (Å²) in [6.07, 6.45) is 2.81. The molecule has 0 spiro atoms. The Balaban J connectivity index is 2.16. The van der Waals surface area contributed by atoms with E-state index in [-0.39, 0.29) is 5.56 Å². The van der Waals surface area contributed by atoms with Crippen LogP contribution in [0.1, 0.15) is 43.5 Å². The molecule has 2 rings (SSSR count). The lowest BCUT2D eigenvalue weighted by Gasteiger charge is -2.07. The molecule has 116 valence electrons. The van der Waals surface area contributed by atoms with Crippen LogP contribution in [0.5, 0.6) is 0 Å². The van der Waals surface area contributed by atoms with Crippen LogP contribution in [0.4, 0.5) is 5.95 Å². The quantitative estimate of drug-likeness (QED) is 0.635. The number of anilines is 1. The Hall–Kier alpha value is -2.43. The molecule has 0 aliphatic carbocycles. The van der Waals surface area contributed by atoms with E-state index in [1.807, 2.05) is 44.2 Å². The third-order valence-corrected chi connectivity index (χ3v) is 3.52. The van der Waals surface area contributed by atoms with Gasteiger partial charge in [0.2, 0.25) is 5.95 Å². The van der Waals surface area contributed by atoms with Crippen LogP contribution in [0.2, 0.25) is 0 Å². The van der Waals surface area contributed by atoms with Gasteiger partial charge in [-0.05, 0) is 32.3 Å². The maximum absolute atomic E-state index is 12.1. The van der Waals surface area contributed by atoms with Gasteiger partial charge in [0.05, 0.1) is 5.71 Å². The van der Waals surface area contributed by atoms with Crippen LogP contribution in [0, 0.1) is 6.92 Å². The van der Waals surface area contributed by atoms with Crippen LogP contribution >= 0.6 is 0 Å². The summed E-state index contributed by atoms with van der Waals surface area (Å²) < 4.78 is 0. The van der Waals surface area contributed by atoms with Crippen LogP contribution in [-0.2, 0) is 6.42 Å². The molecule has 0 fully saturated rings. The minimum Gasteiger partial charge on any atom is -0.291 e. The van der Waals surface area contributed by atoms with Gasteiger partial charge in [0.15, 0.2) is 0 Å². The first kappa shape index (κ1) is 15.9. The Labute approximate surface area is 130 Å². The van der Waals surface area contributed by atoms with Gasteiger partial charge in [0, 0.05) is 11.3 Å². The second-order valence-electron chi connectivity index (χ2n) is 5.26. The third kappa shape index (κ3) is 4.04. The molecule has 1 heterocycles. The molecule has 1 aromatic heterocycles. The fourth-order valence-corrected chi connectivity index (χ4v) is 2.19. The maximum Gasteiger partial charge on any atom is 0.255 e. The summed E-state index contributed by atoms with van der Waals surface area (Å²) >= 11 is 0. The SMILES string of the molecule is CCCCc1c(C)nc(NN=C(C)c2ccccc2)[nH]c1=O. The van der Waals surface area contributed by atoms with E-state index in [1.165, 1.54) is 0 Å². The van der Waals surface area contributed by atoms with Crippen molar-refractivity contribution >= 4 is 11.7 Å². The van der Waals surface area contributed by atoms with E-state index in [2.05, 4.69) is 27.4 Å². The Kier molecular flexibility index (Phi) is 5.47. The van der Waals surface area contributed by atoms with Crippen molar-refractivity contribution in [3.8, 4) is 0 Å². The number of nitrogens with zero attached hydrogens (tertiary/aromatic N) is 2. The number of aromatic nitrogens is 2. The van der Waals surface area contributed by atoms with Gasteiger partial charge in [-0.1, -0.05) is 43.7 Å². The highest BCUT2D eigenvalue weighted by Crippen LogP contribution is 2.07. The molecule has 0 saturated carbocycles. The smallest absolute Gasteiger partial charge is 0.255 e. The number of benzene rings is 1. The molecule has 0 amide bonds. The minimum atomic E-state index is -0.0870. The van der Waals surface area contributed by atoms with E-state index >= 15 is 0 Å². The number of hydrogen-bond donors (Lipinski definition) is 2. The van der Waals surface area contributed by atoms with E-state index in [9.17, 15) is 4.79 Å². The van der Waals surface area contributed by atoms with Gasteiger partial charge in [-0.3, -0.25) is 9.78 Å². The lowest BCUT2D eigenvalue weighted by Crippen LogP contribution is -2.18. The van der Waals surface area contributed by atoms with Crippen LogP contribution in [0.3, 0.4) is 0 Å². The Morgan fingerprint density at radius 1 is 1.32 bits per heavy atom. The van der Waals surface area contributed by atoms with E-state index in [4.69, 9.17) is 0 Å². The molecule has 0 saturated heterocycles. The molecule has 2 N–H and O–H groups in total. The summed E-state index contributed by atoms with van der Waals surface area (Å²) in [6, 6.07) is 9.84. The van der Waals surface area contributed by atoms with Gasteiger partial charge < -0.3 is 0 Å². The number of H-pyrrole nitrogens is 1. The van der Waals surface area contributed by atoms with Crippen molar-refractivity contribution in [3.05, 3.63) is 57.5 Å². The first-order valence-corrected chi connectivity index (χ1v) is 7.57. The van der Waals surface area contributed by atoms with Crippen molar-refractivity contribution in [3.63, 3.8) is 0 Å². The number of nitrogens with one attached hydrogen (secondary N) is 2. The molecule has 0 atom stereocenters. The molecular formula is C17H22N4O. The number of rotatable bonds is 6. The molecule has 0 unspecified atom stereocenters. The van der Waals surface area contributed by atoms with Crippen molar-refractivity contribution in [1.29, 1.82) is 0 Å². The predicted molar refractivity (Wildman–Crippen MR) is 90.5 cm³/mol. The minimum absolute atomic E-state index is 0.0870. The first-order valence-electron chi connectivity index (χ1n) is 7.57. The summed E-state index contributed by atoms with van der Waals surface area (Å²) in [6.45, 7) is 5.87. The second kappa shape index (κ2) is 7.54. The largest absolute Gasteiger partial charge is 0.291 e. The highest BCUT2D eigenvalue weighted by Gasteiger charge is 2.07. The molecule has 0 aliphatic heterocycles. The van der Waals surface area contributed by atoms with Gasteiger partial charge in [-0.15, -0.1) is 0 Å². The second-order valence-corrected chi connectivity index (χ2v) is 5.26. The fourth-order valence-electron chi connectivity index (χ4n) is 2.19. The van der Waals surface area contributed by atoms with E-state index in [0.717, 1.165) is 41.8 Å². The molecule has 2 aromatic rings. The lowest BCUT2D eigenvalue weighted by molar-refractivity contribution is 0.774. The number of unbranched alkanes of at least 4 members (excludes halogenated alkanes) is 1. The highest BCUT2D eigenvalue weighted by molar-refractivity contribution is 5.98. The van der Waals surface area contributed by atoms with Crippen molar-refractivity contribution < 1.29 is 0 Å². The Morgan fingerprint density at radius 3 is 2.68 bits per heavy atom. The van der Waals surface area contributed by atoms with Gasteiger partial charge in [-0.25, -0.2) is 10.4 Å². The zero-order valence-electron chi connectivity index (χ0n) is 13.3. The molecule has 22 heavy (non-hydrogen) atoms. The fraction of sp³-hybridized carbons (Fsp3) is 0.353. The number of hydrogen-bond acceptors (Lipinski definition) is 4. The zero-order chi connectivity index (χ0) is 15.9. The van der Waals surface area contributed by atoms with Crippen molar-refractivity contribution in [2.45, 2.75) is 40.0 Å². The molecule has 5 nitrogen and oxygen atoms in total. The average molecular weight is 298 g/mol. The number of aryl methyl sites for hydroxylation is 1. The van der Waals surface area contributed by atoms with Gasteiger partial charge in [0.25, 0.3) is 5.56 Å². The first-order chi connectivity index (χ1) is 10.6. The summed E-state index contributed by atoms with van der Waals surface area (Å²) in [5.41, 5.74) is 6.11. The Morgan fingerprint density at radius 2 is 2.05 bits per heavy atom. The molecule has 0 bridgehead atoms. The summed E-state index contributed by atoms with van der Waals surface area (Å²) in [5.74, 6) is 0.373. The summed E-state index contributed by atoms with van der Waals surface area (Å²) in [4.78, 5) is 19.2. The van der Waals surface area contributed by atoms with Crippen molar-refractivity contribution in [2.75, 3.05) is 5.43 Å². The molecule has 0 radical (unpaired) electrons. The molecule has 1 aromatic carbocycles. The van der Waals surface area contributed by atoms with Crippen molar-refractivity contribution in [1.82, 2.24) is 9.97 Å². The molecule has 0 aliphatic rings. The van der Waals surface area contributed by atoms with Crippen LogP contribution < -0.4 is 11.0 Å². The van der Waals surface area contributed by atoms with Crippen LogP contribution in [0.15, 0.2) is 40.2 Å². The lowest BCUT2D eigenvalue weighted by atomic mass is 10.1. The van der Waals surface area contributed by atoms with Gasteiger partial charge in [0.1, 0.15) is 0 Å². The van der Waals surface area contributed by atoms with Crippen molar-refractivity contribution in [2.24, 2.45) is 5.10 Å². The average Bonchev–Trinajstić information content (AvgIpc) is 2.52. The van der Waals surface area contributed by atoms with E-state index in [1.54, 1.807) is 0 Å². The number of aromatic amines is 1. The summed E-state index contributed by atoms with van der Waals surface area (Å²) in [7, 11) is 0. The van der Waals surface area contributed by atoms with Gasteiger partial charge >= 0.3 is 0 Å². The van der Waals surface area contributed by atoms with Crippen LogP contribution in [0.25, 0.3) is 0 Å². The normalized spacial score (nSPS) is 11.5. The van der Waals surface area contributed by atoms with E-state index in [0.29, 0.717) is 5.95 Å². The predicted octanol–water partition coefficient (Wildman–Crippen LogP) is 3.26. The monoisotopic (exact) mass is 298 g/mol. The maximum atomic E-state index is 12.1. The molecule has 5 heteroatoms.